The van der Waals surface area contributed by atoms with Crippen molar-refractivity contribution in [2.75, 3.05) is 5.73 Å². The Morgan fingerprint density at radius 2 is 2.12 bits per heavy atom. The van der Waals surface area contributed by atoms with Crippen LogP contribution in [0.1, 0.15) is 51.0 Å². The van der Waals surface area contributed by atoms with Gasteiger partial charge in [0.25, 0.3) is 0 Å². The van der Waals surface area contributed by atoms with Crippen LogP contribution in [0.25, 0.3) is 10.9 Å². The minimum absolute atomic E-state index is 0.673. The first-order chi connectivity index (χ1) is 8.26. The number of fused-ring (bicyclic) bond motifs is 1. The van der Waals surface area contributed by atoms with Gasteiger partial charge in [0.1, 0.15) is 0 Å². The zero-order valence-corrected chi connectivity index (χ0v) is 10.8. The second-order valence-electron chi connectivity index (χ2n) is 4.80. The maximum absolute atomic E-state index is 5.80. The minimum Gasteiger partial charge on any atom is -0.399 e. The van der Waals surface area contributed by atoms with Gasteiger partial charge in [-0.2, -0.15) is 0 Å². The fraction of sp³-hybridized carbons (Fsp3) is 0.467. The molecular formula is C15H22N2. The van der Waals surface area contributed by atoms with Crippen LogP contribution in [0.2, 0.25) is 0 Å². The third-order valence-electron chi connectivity index (χ3n) is 3.58. The van der Waals surface area contributed by atoms with Crippen LogP contribution in [-0.4, -0.2) is 4.98 Å². The Kier molecular flexibility index (Phi) is 3.72. The molecule has 0 amide bonds. The molecule has 0 saturated carbocycles. The first-order valence-corrected chi connectivity index (χ1v) is 6.62. The van der Waals surface area contributed by atoms with Crippen LogP contribution >= 0.6 is 0 Å². The Morgan fingerprint density at radius 1 is 1.29 bits per heavy atom. The van der Waals surface area contributed by atoms with E-state index in [9.17, 15) is 0 Å². The van der Waals surface area contributed by atoms with Crippen LogP contribution in [0.5, 0.6) is 0 Å². The minimum atomic E-state index is 0.673. The zero-order chi connectivity index (χ0) is 12.3. The molecule has 1 heterocycles. The molecule has 0 saturated heterocycles. The van der Waals surface area contributed by atoms with Crippen molar-refractivity contribution in [3.05, 3.63) is 30.0 Å². The van der Waals surface area contributed by atoms with Crippen molar-refractivity contribution in [3.8, 4) is 0 Å². The van der Waals surface area contributed by atoms with Gasteiger partial charge in [0.2, 0.25) is 0 Å². The average Bonchev–Trinajstić information content (AvgIpc) is 2.73. The Hall–Kier alpha value is -1.44. The highest BCUT2D eigenvalue weighted by atomic mass is 14.7. The number of aromatic nitrogens is 1. The van der Waals surface area contributed by atoms with Crippen LogP contribution in [0, 0.1) is 0 Å². The van der Waals surface area contributed by atoms with E-state index in [0.29, 0.717) is 5.92 Å². The third-order valence-corrected chi connectivity index (χ3v) is 3.58. The molecule has 17 heavy (non-hydrogen) atoms. The maximum atomic E-state index is 5.80. The number of nitrogens with two attached hydrogens (primary N) is 1. The molecule has 2 heteroatoms. The summed E-state index contributed by atoms with van der Waals surface area (Å²) in [7, 11) is 0. The van der Waals surface area contributed by atoms with Gasteiger partial charge in [0, 0.05) is 22.8 Å². The van der Waals surface area contributed by atoms with E-state index >= 15 is 0 Å². The predicted molar refractivity (Wildman–Crippen MR) is 75.3 cm³/mol. The molecule has 0 aliphatic carbocycles. The number of anilines is 1. The fourth-order valence-electron chi connectivity index (χ4n) is 2.53. The van der Waals surface area contributed by atoms with Crippen molar-refractivity contribution < 1.29 is 0 Å². The first-order valence-electron chi connectivity index (χ1n) is 6.62. The molecule has 2 rings (SSSR count). The number of aromatic amines is 1. The van der Waals surface area contributed by atoms with E-state index in [1.807, 2.05) is 12.1 Å². The van der Waals surface area contributed by atoms with Gasteiger partial charge in [0.15, 0.2) is 0 Å². The van der Waals surface area contributed by atoms with Gasteiger partial charge in [0.05, 0.1) is 0 Å². The fourth-order valence-corrected chi connectivity index (χ4v) is 2.53. The van der Waals surface area contributed by atoms with E-state index in [4.69, 9.17) is 5.73 Å². The largest absolute Gasteiger partial charge is 0.399 e. The summed E-state index contributed by atoms with van der Waals surface area (Å²) < 4.78 is 0. The van der Waals surface area contributed by atoms with E-state index in [1.54, 1.807) is 0 Å². The van der Waals surface area contributed by atoms with E-state index in [-0.39, 0.29) is 0 Å². The molecule has 0 aliphatic heterocycles. The lowest BCUT2D eigenvalue weighted by Crippen LogP contribution is -1.96. The second kappa shape index (κ2) is 5.26. The van der Waals surface area contributed by atoms with Crippen molar-refractivity contribution >= 4 is 16.6 Å². The number of nitrogens with one attached hydrogen (secondary N) is 1. The molecule has 1 aromatic heterocycles. The Bertz CT molecular complexity index is 485. The van der Waals surface area contributed by atoms with Gasteiger partial charge in [-0.3, -0.25) is 0 Å². The smallest absolute Gasteiger partial charge is 0.0477 e. The standard InChI is InChI=1S/C15H22N2/c1-3-5-6-11(4-2)14-10-17-15-9-12(16)7-8-13(14)15/h7-11,17H,3-6,16H2,1-2H3. The summed E-state index contributed by atoms with van der Waals surface area (Å²) in [4.78, 5) is 3.34. The summed E-state index contributed by atoms with van der Waals surface area (Å²) in [6.07, 6.45) is 7.22. The number of nitrogen functional groups attached to an aromatic ring is 1. The molecule has 0 bridgehead atoms. The van der Waals surface area contributed by atoms with Crippen molar-refractivity contribution in [2.45, 2.75) is 45.4 Å². The van der Waals surface area contributed by atoms with Crippen molar-refractivity contribution in [3.63, 3.8) is 0 Å². The van der Waals surface area contributed by atoms with E-state index in [1.165, 1.54) is 36.6 Å². The topological polar surface area (TPSA) is 41.8 Å². The number of H-pyrrole nitrogens is 1. The van der Waals surface area contributed by atoms with Gasteiger partial charge in [-0.25, -0.2) is 0 Å². The zero-order valence-electron chi connectivity index (χ0n) is 10.8. The Morgan fingerprint density at radius 3 is 2.82 bits per heavy atom. The molecule has 92 valence electrons. The van der Waals surface area contributed by atoms with E-state index in [2.05, 4.69) is 31.1 Å². The SMILES string of the molecule is CCCCC(CC)c1c[nH]c2cc(N)ccc12. The quantitative estimate of drug-likeness (QED) is 0.733. The second-order valence-corrected chi connectivity index (χ2v) is 4.80. The normalized spacial score (nSPS) is 13.1. The van der Waals surface area contributed by atoms with Gasteiger partial charge in [-0.05, 0) is 36.5 Å². The summed E-state index contributed by atoms with van der Waals surface area (Å²) in [6, 6.07) is 6.16. The summed E-state index contributed by atoms with van der Waals surface area (Å²) in [5.41, 5.74) is 9.24. The average molecular weight is 230 g/mol. The molecule has 0 fully saturated rings. The van der Waals surface area contributed by atoms with Gasteiger partial charge >= 0.3 is 0 Å². The molecule has 0 aliphatic rings. The molecular weight excluding hydrogens is 208 g/mol. The Labute approximate surface area is 103 Å². The molecule has 1 unspecified atom stereocenters. The van der Waals surface area contributed by atoms with Crippen molar-refractivity contribution in [1.82, 2.24) is 4.98 Å². The molecule has 2 aromatic rings. The lowest BCUT2D eigenvalue weighted by atomic mass is 9.91. The lowest BCUT2D eigenvalue weighted by Gasteiger charge is -2.13. The Balaban J connectivity index is 2.33. The number of hydrogen-bond acceptors (Lipinski definition) is 1. The van der Waals surface area contributed by atoms with Gasteiger partial charge < -0.3 is 10.7 Å². The molecule has 2 nitrogen and oxygen atoms in total. The monoisotopic (exact) mass is 230 g/mol. The van der Waals surface area contributed by atoms with Crippen LogP contribution < -0.4 is 5.73 Å². The molecule has 0 spiro atoms. The highest BCUT2D eigenvalue weighted by Crippen LogP contribution is 2.32. The van der Waals surface area contributed by atoms with E-state index < -0.39 is 0 Å². The van der Waals surface area contributed by atoms with Gasteiger partial charge in [-0.15, -0.1) is 0 Å². The number of benzene rings is 1. The van der Waals surface area contributed by atoms with Crippen molar-refractivity contribution in [2.24, 2.45) is 0 Å². The molecule has 3 N–H and O–H groups in total. The first kappa shape index (κ1) is 12.0. The van der Waals surface area contributed by atoms with Crippen LogP contribution in [0.15, 0.2) is 24.4 Å². The van der Waals surface area contributed by atoms with E-state index in [0.717, 1.165) is 11.2 Å². The number of hydrogen-bond donors (Lipinski definition) is 2. The van der Waals surface area contributed by atoms with Crippen LogP contribution in [0.4, 0.5) is 5.69 Å². The lowest BCUT2D eigenvalue weighted by molar-refractivity contribution is 0.573. The molecule has 1 atom stereocenters. The summed E-state index contributed by atoms with van der Waals surface area (Å²) in [6.45, 7) is 4.53. The van der Waals surface area contributed by atoms with Crippen LogP contribution in [0.3, 0.4) is 0 Å². The maximum Gasteiger partial charge on any atom is 0.0477 e. The number of unbranched alkanes of at least 4 members (excludes halogenated alkanes) is 1. The molecule has 0 radical (unpaired) electrons. The van der Waals surface area contributed by atoms with Crippen LogP contribution in [-0.2, 0) is 0 Å². The summed E-state index contributed by atoms with van der Waals surface area (Å²) in [5.74, 6) is 0.673. The van der Waals surface area contributed by atoms with Gasteiger partial charge in [-0.1, -0.05) is 32.8 Å². The molecule has 1 aromatic carbocycles. The predicted octanol–water partition coefficient (Wildman–Crippen LogP) is 4.43. The summed E-state index contributed by atoms with van der Waals surface area (Å²) in [5, 5.41) is 1.34. The van der Waals surface area contributed by atoms with Crippen molar-refractivity contribution in [1.29, 1.82) is 0 Å². The highest BCUT2D eigenvalue weighted by molar-refractivity contribution is 5.86. The number of rotatable bonds is 5. The summed E-state index contributed by atoms with van der Waals surface area (Å²) >= 11 is 0. The highest BCUT2D eigenvalue weighted by Gasteiger charge is 2.13. The third kappa shape index (κ3) is 2.46.